The third-order valence-corrected chi connectivity index (χ3v) is 5.19. The zero-order valence-corrected chi connectivity index (χ0v) is 17.5. The summed E-state index contributed by atoms with van der Waals surface area (Å²) in [7, 11) is 1.80. The van der Waals surface area contributed by atoms with E-state index in [4.69, 9.17) is 4.74 Å². The van der Waals surface area contributed by atoms with E-state index in [2.05, 4.69) is 24.1 Å². The molecule has 0 saturated heterocycles. The second kappa shape index (κ2) is 12.1. The van der Waals surface area contributed by atoms with E-state index in [0.29, 0.717) is 18.2 Å². The molecule has 1 heterocycles. The Kier molecular flexibility index (Phi) is 11.9. The fraction of sp³-hybridized carbons (Fsp3) is 0.737. The number of ether oxygens (including phenoxy) is 1. The summed E-state index contributed by atoms with van der Waals surface area (Å²) < 4.78 is 18.6. The number of rotatable bonds is 8. The van der Waals surface area contributed by atoms with Gasteiger partial charge in [0.2, 0.25) is 0 Å². The van der Waals surface area contributed by atoms with Crippen LogP contribution >= 0.6 is 24.8 Å². The Balaban J connectivity index is 0.00000312. The van der Waals surface area contributed by atoms with Crippen LogP contribution in [0, 0.1) is 11.7 Å². The Labute approximate surface area is 169 Å². The van der Waals surface area contributed by atoms with Crippen molar-refractivity contribution in [2.45, 2.75) is 70.1 Å². The van der Waals surface area contributed by atoms with Crippen molar-refractivity contribution in [1.82, 2.24) is 10.3 Å². The number of aliphatic hydroxyl groups excluding tert-OH is 1. The van der Waals surface area contributed by atoms with Gasteiger partial charge in [0.25, 0.3) is 0 Å². The fourth-order valence-electron chi connectivity index (χ4n) is 3.41. The van der Waals surface area contributed by atoms with Crippen LogP contribution in [0.15, 0.2) is 18.5 Å². The van der Waals surface area contributed by atoms with Gasteiger partial charge in [-0.15, -0.1) is 24.8 Å². The minimum atomic E-state index is -0.746. The lowest BCUT2D eigenvalue weighted by atomic mass is 9.82. The lowest BCUT2D eigenvalue weighted by molar-refractivity contribution is 0.0539. The molecule has 1 aliphatic rings. The highest BCUT2D eigenvalue weighted by Gasteiger charge is 2.24. The number of nitrogens with zero attached hydrogens (tertiary/aromatic N) is 1. The quantitative estimate of drug-likeness (QED) is 0.664. The first kappa shape index (κ1) is 25.5. The molecule has 0 aromatic carbocycles. The number of β-amino-alcohol motifs (C(OH)–C–C–N with tert-alkyl or cyclic N) is 1. The van der Waals surface area contributed by atoms with Gasteiger partial charge in [0.15, 0.2) is 0 Å². The van der Waals surface area contributed by atoms with Crippen molar-refractivity contribution in [1.29, 1.82) is 0 Å². The summed E-state index contributed by atoms with van der Waals surface area (Å²) in [6.07, 6.45) is 9.42. The summed E-state index contributed by atoms with van der Waals surface area (Å²) in [6, 6.07) is 1.33. The molecule has 0 bridgehead atoms. The van der Waals surface area contributed by atoms with Crippen LogP contribution in [0.25, 0.3) is 0 Å². The summed E-state index contributed by atoms with van der Waals surface area (Å²) in [5.74, 6) is 0.354. The molecule has 1 atom stereocenters. The molecule has 4 nitrogen and oxygen atoms in total. The zero-order valence-electron chi connectivity index (χ0n) is 15.9. The lowest BCUT2D eigenvalue weighted by Gasteiger charge is -2.32. The van der Waals surface area contributed by atoms with Gasteiger partial charge in [-0.2, -0.15) is 0 Å². The summed E-state index contributed by atoms with van der Waals surface area (Å²) in [6.45, 7) is 4.71. The van der Waals surface area contributed by atoms with Crippen LogP contribution in [0.5, 0.6) is 0 Å². The maximum Gasteiger partial charge on any atom is 0.141 e. The Morgan fingerprint density at radius 3 is 2.50 bits per heavy atom. The number of nitrogens with one attached hydrogen (secondary N) is 1. The van der Waals surface area contributed by atoms with Gasteiger partial charge in [-0.25, -0.2) is 4.39 Å². The SMILES string of the molecule is COC1CCC(CCC(C)(C)NCC(O)c2cncc(F)c2)CC1.Cl.Cl. The smallest absolute Gasteiger partial charge is 0.141 e. The van der Waals surface area contributed by atoms with E-state index < -0.39 is 11.9 Å². The largest absolute Gasteiger partial charge is 0.387 e. The molecule has 0 spiro atoms. The van der Waals surface area contributed by atoms with Crippen molar-refractivity contribution in [3.8, 4) is 0 Å². The van der Waals surface area contributed by atoms with Gasteiger partial charge < -0.3 is 15.2 Å². The summed E-state index contributed by atoms with van der Waals surface area (Å²) in [4.78, 5) is 3.79. The van der Waals surface area contributed by atoms with Crippen LogP contribution < -0.4 is 5.32 Å². The Hall–Kier alpha value is -0.460. The first-order valence-corrected chi connectivity index (χ1v) is 8.96. The number of hydrogen-bond acceptors (Lipinski definition) is 4. The van der Waals surface area contributed by atoms with Crippen molar-refractivity contribution >= 4 is 24.8 Å². The van der Waals surface area contributed by atoms with Crippen molar-refractivity contribution in [3.63, 3.8) is 0 Å². The molecular weight excluding hydrogens is 378 g/mol. The third-order valence-electron chi connectivity index (χ3n) is 5.19. The van der Waals surface area contributed by atoms with Gasteiger partial charge in [-0.05, 0) is 64.4 Å². The first-order chi connectivity index (χ1) is 11.4. The Bertz CT molecular complexity index is 512. The number of pyridine rings is 1. The molecular formula is C19H33Cl2FN2O2. The van der Waals surface area contributed by atoms with E-state index in [1.165, 1.54) is 44.4 Å². The number of hydrogen-bond donors (Lipinski definition) is 2. The highest BCUT2D eigenvalue weighted by Crippen LogP contribution is 2.31. The van der Waals surface area contributed by atoms with E-state index in [1.54, 1.807) is 7.11 Å². The highest BCUT2D eigenvalue weighted by molar-refractivity contribution is 5.85. The van der Waals surface area contributed by atoms with Crippen molar-refractivity contribution < 1.29 is 14.2 Å². The summed E-state index contributed by atoms with van der Waals surface area (Å²) in [5, 5.41) is 13.6. The van der Waals surface area contributed by atoms with Gasteiger partial charge in [-0.1, -0.05) is 0 Å². The van der Waals surface area contributed by atoms with Crippen LogP contribution in [-0.2, 0) is 4.74 Å². The van der Waals surface area contributed by atoms with E-state index in [0.717, 1.165) is 18.5 Å². The summed E-state index contributed by atoms with van der Waals surface area (Å²) in [5.41, 5.74) is 0.455. The highest BCUT2D eigenvalue weighted by atomic mass is 35.5. The standard InChI is InChI=1S/C19H31FN2O2.2ClH/c1-19(2,9-8-14-4-6-17(24-3)7-5-14)22-13-18(23)15-10-16(20)12-21-11-15;;/h10-12,14,17-18,22-23H,4-9,13H2,1-3H3;2*1H. The number of methoxy groups -OCH3 is 1. The van der Waals surface area contributed by atoms with E-state index in [-0.39, 0.29) is 30.4 Å². The van der Waals surface area contributed by atoms with Crippen LogP contribution in [0.2, 0.25) is 0 Å². The average Bonchev–Trinajstić information content (AvgIpc) is 2.58. The summed E-state index contributed by atoms with van der Waals surface area (Å²) >= 11 is 0. The normalized spacial score (nSPS) is 21.4. The maximum absolute atomic E-state index is 13.2. The molecule has 2 N–H and O–H groups in total. The third kappa shape index (κ3) is 8.49. The molecule has 0 amide bonds. The van der Waals surface area contributed by atoms with Gasteiger partial charge in [0, 0.05) is 31.0 Å². The average molecular weight is 411 g/mol. The van der Waals surface area contributed by atoms with Crippen LogP contribution in [0.4, 0.5) is 4.39 Å². The monoisotopic (exact) mass is 410 g/mol. The second-order valence-corrected chi connectivity index (χ2v) is 7.63. The molecule has 1 saturated carbocycles. The number of aliphatic hydroxyl groups is 1. The zero-order chi connectivity index (χ0) is 17.6. The maximum atomic E-state index is 13.2. The minimum absolute atomic E-state index is 0. The number of halogens is 3. The topological polar surface area (TPSA) is 54.4 Å². The Morgan fingerprint density at radius 2 is 1.92 bits per heavy atom. The minimum Gasteiger partial charge on any atom is -0.387 e. The molecule has 1 fully saturated rings. The number of aromatic nitrogens is 1. The fourth-order valence-corrected chi connectivity index (χ4v) is 3.41. The lowest BCUT2D eigenvalue weighted by Crippen LogP contribution is -2.42. The molecule has 2 rings (SSSR count). The van der Waals surface area contributed by atoms with Crippen LogP contribution in [0.1, 0.15) is 64.0 Å². The van der Waals surface area contributed by atoms with Crippen LogP contribution in [0.3, 0.4) is 0 Å². The van der Waals surface area contributed by atoms with Crippen LogP contribution in [-0.4, -0.2) is 35.4 Å². The molecule has 7 heteroatoms. The molecule has 26 heavy (non-hydrogen) atoms. The first-order valence-electron chi connectivity index (χ1n) is 8.96. The van der Waals surface area contributed by atoms with E-state index in [9.17, 15) is 9.50 Å². The molecule has 1 unspecified atom stereocenters. The predicted octanol–water partition coefficient (Wildman–Crippen LogP) is 4.45. The Morgan fingerprint density at radius 1 is 1.27 bits per heavy atom. The molecule has 1 aromatic heterocycles. The van der Waals surface area contributed by atoms with E-state index in [1.807, 2.05) is 0 Å². The van der Waals surface area contributed by atoms with Crippen molar-refractivity contribution in [2.75, 3.05) is 13.7 Å². The van der Waals surface area contributed by atoms with Crippen molar-refractivity contribution in [2.24, 2.45) is 5.92 Å². The molecule has 0 radical (unpaired) electrons. The van der Waals surface area contributed by atoms with Gasteiger partial charge in [0.1, 0.15) is 5.82 Å². The van der Waals surface area contributed by atoms with Gasteiger partial charge in [0.05, 0.1) is 18.4 Å². The van der Waals surface area contributed by atoms with Gasteiger partial charge >= 0.3 is 0 Å². The molecule has 0 aliphatic heterocycles. The van der Waals surface area contributed by atoms with Crippen molar-refractivity contribution in [3.05, 3.63) is 29.8 Å². The second-order valence-electron chi connectivity index (χ2n) is 7.63. The predicted molar refractivity (Wildman–Crippen MR) is 108 cm³/mol. The molecule has 1 aliphatic carbocycles. The molecule has 1 aromatic rings. The molecule has 152 valence electrons. The van der Waals surface area contributed by atoms with E-state index >= 15 is 0 Å². The van der Waals surface area contributed by atoms with Gasteiger partial charge in [-0.3, -0.25) is 4.98 Å².